The van der Waals surface area contributed by atoms with Gasteiger partial charge in [-0.1, -0.05) is 19.8 Å². The molecule has 6 heteroatoms. The Morgan fingerprint density at radius 2 is 2.15 bits per heavy atom. The van der Waals surface area contributed by atoms with Crippen molar-refractivity contribution in [1.82, 2.24) is 15.5 Å². The van der Waals surface area contributed by atoms with Gasteiger partial charge in [0.25, 0.3) is 0 Å². The molecular formula is C14H29Cl2N3O. The molecular weight excluding hydrogens is 297 g/mol. The predicted octanol–water partition coefficient (Wildman–Crippen LogP) is 1.68. The highest BCUT2D eigenvalue weighted by Gasteiger charge is 2.49. The van der Waals surface area contributed by atoms with Gasteiger partial charge in [-0.3, -0.25) is 4.79 Å². The number of nitrogens with one attached hydrogen (secondary N) is 2. The highest BCUT2D eigenvalue weighted by molar-refractivity contribution is 5.85. The molecule has 1 saturated heterocycles. The molecule has 120 valence electrons. The van der Waals surface area contributed by atoms with Crippen LogP contribution >= 0.6 is 24.8 Å². The van der Waals surface area contributed by atoms with Crippen LogP contribution in [0.4, 0.5) is 0 Å². The minimum atomic E-state index is -0.0942. The Bertz CT molecular complexity index is 304. The Labute approximate surface area is 135 Å². The second-order valence-electron chi connectivity index (χ2n) is 5.88. The van der Waals surface area contributed by atoms with Gasteiger partial charge in [-0.15, -0.1) is 24.8 Å². The van der Waals surface area contributed by atoms with E-state index in [0.29, 0.717) is 11.8 Å². The molecule has 1 aliphatic carbocycles. The van der Waals surface area contributed by atoms with E-state index in [0.717, 1.165) is 39.1 Å². The summed E-state index contributed by atoms with van der Waals surface area (Å²) in [6.07, 6.45) is 4.79. The first-order valence-corrected chi connectivity index (χ1v) is 7.36. The second-order valence-corrected chi connectivity index (χ2v) is 5.88. The van der Waals surface area contributed by atoms with Gasteiger partial charge in [-0.25, -0.2) is 0 Å². The lowest BCUT2D eigenvalue weighted by Gasteiger charge is -2.37. The van der Waals surface area contributed by atoms with Crippen molar-refractivity contribution in [2.75, 3.05) is 39.8 Å². The van der Waals surface area contributed by atoms with Crippen LogP contribution in [0.15, 0.2) is 0 Å². The summed E-state index contributed by atoms with van der Waals surface area (Å²) in [5, 5.41) is 6.58. The highest BCUT2D eigenvalue weighted by atomic mass is 35.5. The number of hydrogen-bond acceptors (Lipinski definition) is 3. The van der Waals surface area contributed by atoms with Crippen molar-refractivity contribution in [2.45, 2.75) is 32.6 Å². The number of carbonyl (C=O) groups excluding carboxylic acids is 1. The largest absolute Gasteiger partial charge is 0.354 e. The highest BCUT2D eigenvalue weighted by Crippen LogP contribution is 2.43. The monoisotopic (exact) mass is 325 g/mol. The SMILES string of the molecule is CCN(C)CCNC(=O)[C@@]12CCCC[C@H]1CNC2.Cl.Cl. The van der Waals surface area contributed by atoms with E-state index in [1.807, 2.05) is 0 Å². The molecule has 0 bridgehead atoms. The van der Waals surface area contributed by atoms with Crippen molar-refractivity contribution in [1.29, 1.82) is 0 Å². The molecule has 0 unspecified atom stereocenters. The number of rotatable bonds is 5. The molecule has 0 radical (unpaired) electrons. The van der Waals surface area contributed by atoms with Gasteiger partial charge < -0.3 is 15.5 Å². The molecule has 1 heterocycles. The van der Waals surface area contributed by atoms with Crippen molar-refractivity contribution in [3.63, 3.8) is 0 Å². The normalized spacial score (nSPS) is 28.2. The zero-order chi connectivity index (χ0) is 13.0. The number of nitrogens with zero attached hydrogens (tertiary/aromatic N) is 1. The van der Waals surface area contributed by atoms with Gasteiger partial charge in [0, 0.05) is 19.6 Å². The third kappa shape index (κ3) is 4.23. The average Bonchev–Trinajstić information content (AvgIpc) is 2.83. The third-order valence-electron chi connectivity index (χ3n) is 4.81. The van der Waals surface area contributed by atoms with Crippen LogP contribution in [-0.4, -0.2) is 50.6 Å². The van der Waals surface area contributed by atoms with Crippen molar-refractivity contribution in [3.05, 3.63) is 0 Å². The lowest BCUT2D eigenvalue weighted by Crippen LogP contribution is -2.49. The molecule has 2 aliphatic rings. The first kappa shape index (κ1) is 20.0. The maximum absolute atomic E-state index is 12.5. The fraction of sp³-hybridized carbons (Fsp3) is 0.929. The molecule has 1 aliphatic heterocycles. The minimum Gasteiger partial charge on any atom is -0.354 e. The van der Waals surface area contributed by atoms with E-state index >= 15 is 0 Å². The maximum atomic E-state index is 12.5. The Hall–Kier alpha value is -0.0300. The summed E-state index contributed by atoms with van der Waals surface area (Å²) < 4.78 is 0. The van der Waals surface area contributed by atoms with Gasteiger partial charge in [0.05, 0.1) is 5.41 Å². The van der Waals surface area contributed by atoms with Crippen LogP contribution in [-0.2, 0) is 4.79 Å². The first-order valence-electron chi connectivity index (χ1n) is 7.36. The van der Waals surface area contributed by atoms with Gasteiger partial charge >= 0.3 is 0 Å². The van der Waals surface area contributed by atoms with Crippen LogP contribution in [0.1, 0.15) is 32.6 Å². The van der Waals surface area contributed by atoms with Crippen LogP contribution in [0.25, 0.3) is 0 Å². The van der Waals surface area contributed by atoms with Crippen LogP contribution in [0, 0.1) is 11.3 Å². The standard InChI is InChI=1S/C14H27N3O.2ClH/c1-3-17(2)9-8-16-13(18)14-7-5-4-6-12(14)10-15-11-14;;/h12,15H,3-11H2,1-2H3,(H,16,18);2*1H/t12-,14+;;/m0../s1. The molecule has 0 aromatic rings. The number of amides is 1. The molecule has 2 atom stereocenters. The first-order chi connectivity index (χ1) is 8.69. The van der Waals surface area contributed by atoms with E-state index in [1.165, 1.54) is 19.3 Å². The summed E-state index contributed by atoms with van der Waals surface area (Å²) >= 11 is 0. The average molecular weight is 326 g/mol. The summed E-state index contributed by atoms with van der Waals surface area (Å²) in [6.45, 7) is 6.80. The van der Waals surface area contributed by atoms with E-state index in [2.05, 4.69) is 29.5 Å². The Morgan fingerprint density at radius 3 is 2.85 bits per heavy atom. The molecule has 1 saturated carbocycles. The number of carbonyl (C=O) groups is 1. The van der Waals surface area contributed by atoms with Gasteiger partial charge in [0.15, 0.2) is 0 Å². The topological polar surface area (TPSA) is 44.4 Å². The Morgan fingerprint density at radius 1 is 1.40 bits per heavy atom. The van der Waals surface area contributed by atoms with Crippen LogP contribution < -0.4 is 10.6 Å². The van der Waals surface area contributed by atoms with Crippen molar-refractivity contribution in [3.8, 4) is 0 Å². The molecule has 4 nitrogen and oxygen atoms in total. The summed E-state index contributed by atoms with van der Waals surface area (Å²) in [5.41, 5.74) is -0.0942. The molecule has 20 heavy (non-hydrogen) atoms. The number of likely N-dealkylation sites (N-methyl/N-ethyl adjacent to an activating group) is 1. The smallest absolute Gasteiger partial charge is 0.227 e. The predicted molar refractivity (Wildman–Crippen MR) is 87.9 cm³/mol. The number of hydrogen-bond donors (Lipinski definition) is 2. The van der Waals surface area contributed by atoms with E-state index < -0.39 is 0 Å². The van der Waals surface area contributed by atoms with Crippen molar-refractivity contribution < 1.29 is 4.79 Å². The van der Waals surface area contributed by atoms with Gasteiger partial charge in [-0.05, 0) is 38.9 Å². The molecule has 0 aromatic heterocycles. The van der Waals surface area contributed by atoms with Crippen molar-refractivity contribution in [2.24, 2.45) is 11.3 Å². The number of halogens is 2. The quantitative estimate of drug-likeness (QED) is 0.808. The Kier molecular flexibility index (Phi) is 9.07. The van der Waals surface area contributed by atoms with Crippen LogP contribution in [0.3, 0.4) is 0 Å². The van der Waals surface area contributed by atoms with Gasteiger partial charge in [-0.2, -0.15) is 0 Å². The van der Waals surface area contributed by atoms with E-state index in [1.54, 1.807) is 0 Å². The van der Waals surface area contributed by atoms with E-state index in [-0.39, 0.29) is 30.2 Å². The molecule has 0 aromatic carbocycles. The van der Waals surface area contributed by atoms with Gasteiger partial charge in [0.1, 0.15) is 0 Å². The molecule has 2 fully saturated rings. The van der Waals surface area contributed by atoms with Crippen LogP contribution in [0.5, 0.6) is 0 Å². The summed E-state index contributed by atoms with van der Waals surface area (Å²) in [6, 6.07) is 0. The maximum Gasteiger partial charge on any atom is 0.227 e. The summed E-state index contributed by atoms with van der Waals surface area (Å²) in [7, 11) is 2.09. The summed E-state index contributed by atoms with van der Waals surface area (Å²) in [4.78, 5) is 14.7. The fourth-order valence-electron chi connectivity index (χ4n) is 3.38. The molecule has 2 rings (SSSR count). The summed E-state index contributed by atoms with van der Waals surface area (Å²) in [5.74, 6) is 0.858. The van der Waals surface area contributed by atoms with Crippen molar-refractivity contribution >= 4 is 30.7 Å². The second kappa shape index (κ2) is 9.08. The Balaban J connectivity index is 0.00000180. The molecule has 1 amide bonds. The fourth-order valence-corrected chi connectivity index (χ4v) is 3.38. The molecule has 2 N–H and O–H groups in total. The van der Waals surface area contributed by atoms with Gasteiger partial charge in [0.2, 0.25) is 5.91 Å². The van der Waals surface area contributed by atoms with Crippen LogP contribution in [0.2, 0.25) is 0 Å². The zero-order valence-corrected chi connectivity index (χ0v) is 14.2. The molecule has 0 spiro atoms. The minimum absolute atomic E-state index is 0. The third-order valence-corrected chi connectivity index (χ3v) is 4.81. The van der Waals surface area contributed by atoms with E-state index in [4.69, 9.17) is 0 Å². The lowest BCUT2D eigenvalue weighted by atomic mass is 9.67. The van der Waals surface area contributed by atoms with E-state index in [9.17, 15) is 4.79 Å². The number of fused-ring (bicyclic) bond motifs is 1. The lowest BCUT2D eigenvalue weighted by molar-refractivity contribution is -0.134. The zero-order valence-electron chi connectivity index (χ0n) is 12.6.